The summed E-state index contributed by atoms with van der Waals surface area (Å²) < 4.78 is 5.70. The van der Waals surface area contributed by atoms with Crippen molar-refractivity contribution < 1.29 is 14.5 Å². The van der Waals surface area contributed by atoms with Crippen LogP contribution in [0.1, 0.15) is 19.4 Å². The van der Waals surface area contributed by atoms with Gasteiger partial charge in [-0.3, -0.25) is 19.8 Å². The molecule has 0 atom stereocenters. The number of benzene rings is 1. The van der Waals surface area contributed by atoms with E-state index in [4.69, 9.17) is 4.74 Å². The fourth-order valence-electron chi connectivity index (χ4n) is 2.24. The van der Waals surface area contributed by atoms with Crippen molar-refractivity contribution in [2.75, 3.05) is 19.6 Å². The second-order valence-electron chi connectivity index (χ2n) is 5.28. The van der Waals surface area contributed by atoms with E-state index in [9.17, 15) is 14.9 Å². The molecule has 0 bridgehead atoms. The third kappa shape index (κ3) is 4.16. The zero-order valence-electron chi connectivity index (χ0n) is 12.2. The van der Waals surface area contributed by atoms with Gasteiger partial charge in [0.15, 0.2) is 0 Å². The molecule has 21 heavy (non-hydrogen) atoms. The lowest BCUT2D eigenvalue weighted by molar-refractivity contribution is -0.385. The van der Waals surface area contributed by atoms with Crippen molar-refractivity contribution in [1.82, 2.24) is 10.2 Å². The van der Waals surface area contributed by atoms with Crippen molar-refractivity contribution in [2.45, 2.75) is 26.5 Å². The van der Waals surface area contributed by atoms with Gasteiger partial charge in [-0.2, -0.15) is 0 Å². The summed E-state index contributed by atoms with van der Waals surface area (Å²) >= 11 is 0. The van der Waals surface area contributed by atoms with Crippen molar-refractivity contribution in [3.05, 3.63) is 33.9 Å². The molecular formula is C14H19N3O4. The highest BCUT2D eigenvalue weighted by Crippen LogP contribution is 2.26. The van der Waals surface area contributed by atoms with E-state index in [1.54, 1.807) is 6.07 Å². The Kier molecular flexibility index (Phi) is 4.74. The van der Waals surface area contributed by atoms with Crippen LogP contribution in [0, 0.1) is 10.1 Å². The number of piperazine rings is 1. The standard InChI is InChI=1S/C14H19N3O4/c1-10(2)21-13-4-3-12(17(19)20)7-11(13)8-16-6-5-15-14(18)9-16/h3-4,7,10H,5-6,8-9H2,1-2H3,(H,15,18). The minimum absolute atomic E-state index is 0.0186. The third-order valence-corrected chi connectivity index (χ3v) is 3.13. The number of amides is 1. The molecule has 1 N–H and O–H groups in total. The number of rotatable bonds is 5. The Morgan fingerprint density at radius 2 is 2.24 bits per heavy atom. The maximum atomic E-state index is 11.4. The molecule has 0 aliphatic carbocycles. The number of hydrogen-bond donors (Lipinski definition) is 1. The first-order chi connectivity index (χ1) is 9.95. The summed E-state index contributed by atoms with van der Waals surface area (Å²) in [5, 5.41) is 13.7. The van der Waals surface area contributed by atoms with E-state index in [1.807, 2.05) is 18.7 Å². The molecule has 1 fully saturated rings. The smallest absolute Gasteiger partial charge is 0.270 e. The molecule has 7 nitrogen and oxygen atoms in total. The van der Waals surface area contributed by atoms with Gasteiger partial charge in [-0.05, 0) is 19.9 Å². The lowest BCUT2D eigenvalue weighted by Gasteiger charge is -2.27. The number of hydrogen-bond acceptors (Lipinski definition) is 5. The second kappa shape index (κ2) is 6.53. The summed E-state index contributed by atoms with van der Waals surface area (Å²) in [4.78, 5) is 23.9. The Bertz CT molecular complexity index is 545. The summed E-state index contributed by atoms with van der Waals surface area (Å²) in [5.74, 6) is 0.597. The van der Waals surface area contributed by atoms with E-state index < -0.39 is 4.92 Å². The Balaban J connectivity index is 2.22. The predicted molar refractivity (Wildman–Crippen MR) is 77.1 cm³/mol. The molecule has 0 spiro atoms. The predicted octanol–water partition coefficient (Wildman–Crippen LogP) is 1.31. The number of non-ortho nitro benzene ring substituents is 1. The monoisotopic (exact) mass is 293 g/mol. The van der Waals surface area contributed by atoms with Crippen molar-refractivity contribution in [2.24, 2.45) is 0 Å². The maximum Gasteiger partial charge on any atom is 0.270 e. The summed E-state index contributed by atoms with van der Waals surface area (Å²) in [6, 6.07) is 4.58. The summed E-state index contributed by atoms with van der Waals surface area (Å²) in [6.45, 7) is 5.86. The lowest BCUT2D eigenvalue weighted by Crippen LogP contribution is -2.47. The van der Waals surface area contributed by atoms with Gasteiger partial charge in [0.05, 0.1) is 17.6 Å². The number of ether oxygens (including phenoxy) is 1. The molecule has 2 rings (SSSR count). The number of carbonyl (C=O) groups excluding carboxylic acids is 1. The number of nitrogens with one attached hydrogen (secondary N) is 1. The highest BCUT2D eigenvalue weighted by molar-refractivity contribution is 5.78. The van der Waals surface area contributed by atoms with Gasteiger partial charge in [0.1, 0.15) is 5.75 Å². The molecule has 0 saturated carbocycles. The molecular weight excluding hydrogens is 274 g/mol. The fourth-order valence-corrected chi connectivity index (χ4v) is 2.24. The minimum atomic E-state index is -0.425. The molecule has 1 aliphatic rings. The normalized spacial score (nSPS) is 15.9. The molecule has 0 aromatic heterocycles. The van der Waals surface area contributed by atoms with Crippen molar-refractivity contribution >= 4 is 11.6 Å². The fraction of sp³-hybridized carbons (Fsp3) is 0.500. The summed E-state index contributed by atoms with van der Waals surface area (Å²) in [7, 11) is 0. The van der Waals surface area contributed by atoms with Crippen LogP contribution in [-0.4, -0.2) is 41.5 Å². The van der Waals surface area contributed by atoms with E-state index >= 15 is 0 Å². The van der Waals surface area contributed by atoms with Crippen LogP contribution in [0.5, 0.6) is 5.75 Å². The summed E-state index contributed by atoms with van der Waals surface area (Å²) in [6.07, 6.45) is -0.0186. The number of carbonyl (C=O) groups is 1. The SMILES string of the molecule is CC(C)Oc1ccc([N+](=O)[O-])cc1CN1CCNC(=O)C1. The molecule has 1 heterocycles. The zero-order valence-corrected chi connectivity index (χ0v) is 12.2. The third-order valence-electron chi connectivity index (χ3n) is 3.13. The summed E-state index contributed by atoms with van der Waals surface area (Å²) in [5.41, 5.74) is 0.759. The van der Waals surface area contributed by atoms with Crippen molar-refractivity contribution in [1.29, 1.82) is 0 Å². The van der Waals surface area contributed by atoms with Crippen molar-refractivity contribution in [3.63, 3.8) is 0 Å². The van der Waals surface area contributed by atoms with Crippen LogP contribution in [0.25, 0.3) is 0 Å². The van der Waals surface area contributed by atoms with Crippen LogP contribution in [0.4, 0.5) is 5.69 Å². The Morgan fingerprint density at radius 1 is 1.48 bits per heavy atom. The van der Waals surface area contributed by atoms with Gasteiger partial charge < -0.3 is 10.1 Å². The highest BCUT2D eigenvalue weighted by atomic mass is 16.6. The van der Waals surface area contributed by atoms with Gasteiger partial charge in [-0.15, -0.1) is 0 Å². The van der Waals surface area contributed by atoms with E-state index in [1.165, 1.54) is 12.1 Å². The van der Waals surface area contributed by atoms with Crippen LogP contribution in [0.2, 0.25) is 0 Å². The Hall–Kier alpha value is -2.15. The first-order valence-corrected chi connectivity index (χ1v) is 6.88. The first-order valence-electron chi connectivity index (χ1n) is 6.88. The van der Waals surface area contributed by atoms with Gasteiger partial charge in [-0.25, -0.2) is 0 Å². The minimum Gasteiger partial charge on any atom is -0.491 e. The van der Waals surface area contributed by atoms with E-state index in [0.29, 0.717) is 25.4 Å². The maximum absolute atomic E-state index is 11.4. The van der Waals surface area contributed by atoms with E-state index in [0.717, 1.165) is 12.1 Å². The van der Waals surface area contributed by atoms with E-state index in [-0.39, 0.29) is 17.7 Å². The lowest BCUT2D eigenvalue weighted by atomic mass is 10.1. The van der Waals surface area contributed by atoms with Gasteiger partial charge in [0.25, 0.3) is 5.69 Å². The quantitative estimate of drug-likeness (QED) is 0.653. The average molecular weight is 293 g/mol. The van der Waals surface area contributed by atoms with Gasteiger partial charge in [-0.1, -0.05) is 0 Å². The van der Waals surface area contributed by atoms with Gasteiger partial charge >= 0.3 is 0 Å². The second-order valence-corrected chi connectivity index (χ2v) is 5.28. The van der Waals surface area contributed by atoms with Crippen LogP contribution in [-0.2, 0) is 11.3 Å². The molecule has 0 radical (unpaired) electrons. The van der Waals surface area contributed by atoms with Crippen LogP contribution in [0.15, 0.2) is 18.2 Å². The molecule has 1 aliphatic heterocycles. The van der Waals surface area contributed by atoms with Crippen LogP contribution in [0.3, 0.4) is 0 Å². The van der Waals surface area contributed by atoms with Crippen molar-refractivity contribution in [3.8, 4) is 5.75 Å². The number of nitro benzene ring substituents is 1. The van der Waals surface area contributed by atoms with Gasteiger partial charge in [0, 0.05) is 37.3 Å². The molecule has 0 unspecified atom stereocenters. The topological polar surface area (TPSA) is 84.7 Å². The zero-order chi connectivity index (χ0) is 15.4. The molecule has 114 valence electrons. The van der Waals surface area contributed by atoms with E-state index in [2.05, 4.69) is 5.32 Å². The first kappa shape index (κ1) is 15.2. The number of nitro groups is 1. The molecule has 1 aromatic carbocycles. The Labute approximate surface area is 123 Å². The Morgan fingerprint density at radius 3 is 2.86 bits per heavy atom. The molecule has 1 saturated heterocycles. The largest absolute Gasteiger partial charge is 0.491 e. The molecule has 7 heteroatoms. The van der Waals surface area contributed by atoms with Crippen LogP contribution >= 0.6 is 0 Å². The van der Waals surface area contributed by atoms with Crippen LogP contribution < -0.4 is 10.1 Å². The highest BCUT2D eigenvalue weighted by Gasteiger charge is 2.20. The molecule has 1 aromatic rings. The molecule has 1 amide bonds. The average Bonchev–Trinajstić information content (AvgIpc) is 2.40. The van der Waals surface area contributed by atoms with Gasteiger partial charge in [0.2, 0.25) is 5.91 Å². The number of nitrogens with zero attached hydrogens (tertiary/aromatic N) is 2.